The summed E-state index contributed by atoms with van der Waals surface area (Å²) in [6.07, 6.45) is -1.94. The molecule has 1 fully saturated rings. The van der Waals surface area contributed by atoms with Crippen LogP contribution in [0.5, 0.6) is 0 Å². The van der Waals surface area contributed by atoms with Crippen LogP contribution >= 0.6 is 0 Å². The highest BCUT2D eigenvalue weighted by molar-refractivity contribution is 6.11. The van der Waals surface area contributed by atoms with E-state index in [0.717, 1.165) is 0 Å². The first-order chi connectivity index (χ1) is 6.85. The van der Waals surface area contributed by atoms with Crippen molar-refractivity contribution in [2.45, 2.75) is 45.1 Å². The lowest BCUT2D eigenvalue weighted by Gasteiger charge is -2.25. The average Bonchev–Trinajstić information content (AvgIpc) is 2.39. The molecule has 86 valence electrons. The molecule has 1 aliphatic heterocycles. The Hall–Kier alpha value is -0.0951. The maximum absolute atomic E-state index is 9.67. The van der Waals surface area contributed by atoms with Crippen molar-refractivity contribution in [1.29, 1.82) is 0 Å². The molecule has 1 heterocycles. The molecule has 4 atom stereocenters. The van der Waals surface area contributed by atoms with Crippen molar-refractivity contribution < 1.29 is 19.7 Å². The predicted octanol–water partition coefficient (Wildman–Crippen LogP) is -0.336. The number of rotatable bonds is 3. The normalized spacial score (nSPS) is 37.1. The number of aliphatic hydroxyl groups excluding tert-OH is 2. The van der Waals surface area contributed by atoms with Crippen molar-refractivity contribution in [2.24, 2.45) is 5.41 Å². The molecule has 0 spiro atoms. The van der Waals surface area contributed by atoms with E-state index < -0.39 is 24.3 Å². The SMILES string of the molecule is [B][C@@H]1O[C@H](CO)[C@H](OCC(C)(C)C)C1O. The molecular formula is C10H19BO4. The van der Waals surface area contributed by atoms with Gasteiger partial charge in [-0.15, -0.1) is 0 Å². The fourth-order valence-electron chi connectivity index (χ4n) is 1.47. The van der Waals surface area contributed by atoms with Gasteiger partial charge < -0.3 is 19.7 Å². The zero-order valence-corrected chi connectivity index (χ0v) is 9.51. The van der Waals surface area contributed by atoms with Gasteiger partial charge >= 0.3 is 0 Å². The Morgan fingerprint density at radius 3 is 2.47 bits per heavy atom. The third kappa shape index (κ3) is 3.45. The summed E-state index contributed by atoms with van der Waals surface area (Å²) in [5, 5.41) is 18.7. The quantitative estimate of drug-likeness (QED) is 0.631. The molecule has 15 heavy (non-hydrogen) atoms. The van der Waals surface area contributed by atoms with Crippen LogP contribution in [-0.2, 0) is 9.47 Å². The summed E-state index contributed by atoms with van der Waals surface area (Å²) in [5.41, 5.74) is 0.00636. The van der Waals surface area contributed by atoms with Crippen LogP contribution in [-0.4, -0.2) is 55.6 Å². The van der Waals surface area contributed by atoms with Gasteiger partial charge in [-0.05, 0) is 5.41 Å². The van der Waals surface area contributed by atoms with Crippen LogP contribution in [0, 0.1) is 5.41 Å². The van der Waals surface area contributed by atoms with Crippen LogP contribution in [0.1, 0.15) is 20.8 Å². The number of ether oxygens (including phenoxy) is 2. The van der Waals surface area contributed by atoms with Crippen LogP contribution in [0.25, 0.3) is 0 Å². The molecule has 1 unspecified atom stereocenters. The second-order valence-corrected chi connectivity index (χ2v) is 5.15. The van der Waals surface area contributed by atoms with Crippen molar-refractivity contribution in [1.82, 2.24) is 0 Å². The van der Waals surface area contributed by atoms with Crippen LogP contribution < -0.4 is 0 Å². The lowest BCUT2D eigenvalue weighted by atomic mass is 9.92. The average molecular weight is 214 g/mol. The van der Waals surface area contributed by atoms with Gasteiger partial charge in [-0.1, -0.05) is 20.8 Å². The monoisotopic (exact) mass is 214 g/mol. The van der Waals surface area contributed by atoms with Crippen molar-refractivity contribution in [3.63, 3.8) is 0 Å². The van der Waals surface area contributed by atoms with E-state index in [9.17, 15) is 5.11 Å². The van der Waals surface area contributed by atoms with Gasteiger partial charge in [0.15, 0.2) is 0 Å². The van der Waals surface area contributed by atoms with Crippen molar-refractivity contribution in [3.8, 4) is 0 Å². The minimum Gasteiger partial charge on any atom is -0.394 e. The Morgan fingerprint density at radius 2 is 2.00 bits per heavy atom. The van der Waals surface area contributed by atoms with E-state index >= 15 is 0 Å². The molecule has 5 heteroatoms. The Labute approximate surface area is 92.0 Å². The predicted molar refractivity (Wildman–Crippen MR) is 56.7 cm³/mol. The second kappa shape index (κ2) is 4.83. The molecule has 1 aliphatic rings. The minimum absolute atomic E-state index is 0.00636. The third-order valence-corrected chi connectivity index (χ3v) is 2.26. The smallest absolute Gasteiger partial charge is 0.113 e. The van der Waals surface area contributed by atoms with Gasteiger partial charge in [-0.3, -0.25) is 0 Å². The molecule has 2 N–H and O–H groups in total. The van der Waals surface area contributed by atoms with E-state index in [1.165, 1.54) is 0 Å². The van der Waals surface area contributed by atoms with Crippen molar-refractivity contribution >= 4 is 7.85 Å². The standard InChI is InChI=1S/C10H19BO4/c1-10(2,3)5-14-8-6(4-12)15-9(11)7(8)13/h6-9,12-13H,4-5H2,1-3H3/t6-,7?,8+,9-/m1/s1. The zero-order chi connectivity index (χ0) is 11.6. The van der Waals surface area contributed by atoms with Gasteiger partial charge in [0, 0.05) is 6.00 Å². The molecular weight excluding hydrogens is 195 g/mol. The summed E-state index contributed by atoms with van der Waals surface area (Å²) >= 11 is 0. The maximum atomic E-state index is 9.67. The Morgan fingerprint density at radius 1 is 1.40 bits per heavy atom. The fraction of sp³-hybridized carbons (Fsp3) is 1.00. The van der Waals surface area contributed by atoms with Crippen molar-refractivity contribution in [3.05, 3.63) is 0 Å². The van der Waals surface area contributed by atoms with Gasteiger partial charge in [0.1, 0.15) is 26.2 Å². The molecule has 0 amide bonds. The highest BCUT2D eigenvalue weighted by Crippen LogP contribution is 2.24. The first-order valence-electron chi connectivity index (χ1n) is 5.17. The van der Waals surface area contributed by atoms with E-state index in [1.54, 1.807) is 0 Å². The van der Waals surface area contributed by atoms with E-state index in [2.05, 4.69) is 0 Å². The molecule has 1 rings (SSSR count). The van der Waals surface area contributed by atoms with Crippen LogP contribution in [0.3, 0.4) is 0 Å². The highest BCUT2D eigenvalue weighted by atomic mass is 16.6. The van der Waals surface area contributed by atoms with E-state index in [4.69, 9.17) is 22.4 Å². The molecule has 2 radical (unpaired) electrons. The molecule has 0 aliphatic carbocycles. The lowest BCUT2D eigenvalue weighted by molar-refractivity contribution is -0.0729. The Bertz CT molecular complexity index is 204. The first kappa shape index (κ1) is 13.0. The van der Waals surface area contributed by atoms with Gasteiger partial charge in [0.2, 0.25) is 0 Å². The number of hydrogen-bond donors (Lipinski definition) is 2. The molecule has 0 aromatic carbocycles. The molecule has 0 aromatic rings. The summed E-state index contributed by atoms with van der Waals surface area (Å²) in [7, 11) is 5.51. The minimum atomic E-state index is -0.871. The van der Waals surface area contributed by atoms with Crippen molar-refractivity contribution in [2.75, 3.05) is 13.2 Å². The Balaban J connectivity index is 2.51. The molecule has 0 aromatic heterocycles. The zero-order valence-electron chi connectivity index (χ0n) is 9.51. The first-order valence-corrected chi connectivity index (χ1v) is 5.17. The summed E-state index contributed by atoms with van der Waals surface area (Å²) in [5.74, 6) is 0. The largest absolute Gasteiger partial charge is 0.394 e. The summed E-state index contributed by atoms with van der Waals surface area (Å²) in [4.78, 5) is 0. The Kier molecular flexibility index (Phi) is 4.17. The topological polar surface area (TPSA) is 58.9 Å². The maximum Gasteiger partial charge on any atom is 0.113 e. The van der Waals surface area contributed by atoms with Gasteiger partial charge in [0.25, 0.3) is 0 Å². The second-order valence-electron chi connectivity index (χ2n) is 5.15. The third-order valence-electron chi connectivity index (χ3n) is 2.26. The highest BCUT2D eigenvalue weighted by Gasteiger charge is 2.41. The lowest BCUT2D eigenvalue weighted by Crippen LogP contribution is -2.38. The molecule has 0 bridgehead atoms. The molecule has 4 nitrogen and oxygen atoms in total. The number of hydrogen-bond acceptors (Lipinski definition) is 4. The fourth-order valence-corrected chi connectivity index (χ4v) is 1.47. The summed E-state index contributed by atoms with van der Waals surface area (Å²) in [6.45, 7) is 6.39. The summed E-state index contributed by atoms with van der Waals surface area (Å²) in [6, 6.07) is -0.771. The van der Waals surface area contributed by atoms with Crippen LogP contribution in [0.4, 0.5) is 0 Å². The summed E-state index contributed by atoms with van der Waals surface area (Å²) < 4.78 is 10.7. The van der Waals surface area contributed by atoms with E-state index in [1.807, 2.05) is 20.8 Å². The molecule has 0 saturated carbocycles. The van der Waals surface area contributed by atoms with Crippen LogP contribution in [0.2, 0.25) is 0 Å². The van der Waals surface area contributed by atoms with Crippen LogP contribution in [0.15, 0.2) is 0 Å². The molecule has 1 saturated heterocycles. The van der Waals surface area contributed by atoms with Gasteiger partial charge in [-0.25, -0.2) is 0 Å². The van der Waals surface area contributed by atoms with E-state index in [0.29, 0.717) is 6.61 Å². The van der Waals surface area contributed by atoms with Gasteiger partial charge in [0.05, 0.1) is 13.2 Å². The van der Waals surface area contributed by atoms with E-state index in [-0.39, 0.29) is 12.0 Å². The van der Waals surface area contributed by atoms with Gasteiger partial charge in [-0.2, -0.15) is 0 Å². The number of aliphatic hydroxyl groups is 2.